The van der Waals surface area contributed by atoms with Gasteiger partial charge in [-0.1, -0.05) is 11.8 Å². The second kappa shape index (κ2) is 6.78. The molecule has 0 bridgehead atoms. The van der Waals surface area contributed by atoms with E-state index < -0.39 is 6.17 Å². The van der Waals surface area contributed by atoms with Gasteiger partial charge in [-0.05, 0) is 13.8 Å². The van der Waals surface area contributed by atoms with Gasteiger partial charge < -0.3 is 22.1 Å². The van der Waals surface area contributed by atoms with Crippen molar-refractivity contribution in [2.45, 2.75) is 26.1 Å². The largest absolute Gasteiger partial charge is 0.344 e. The van der Waals surface area contributed by atoms with Crippen molar-refractivity contribution in [1.29, 1.82) is 0 Å². The SMILES string of the molecule is CC(C)N1C=C(C#CCNC(=O)CN)C(N)NC1=O. The third kappa shape index (κ3) is 4.28. The maximum absolute atomic E-state index is 11.6. The highest BCUT2D eigenvalue weighted by molar-refractivity contribution is 5.79. The summed E-state index contributed by atoms with van der Waals surface area (Å²) in [6, 6.07) is -0.231. The van der Waals surface area contributed by atoms with E-state index in [4.69, 9.17) is 11.5 Å². The molecule has 0 aromatic heterocycles. The summed E-state index contributed by atoms with van der Waals surface area (Å²) in [6.45, 7) is 3.90. The second-order valence-corrected chi connectivity index (χ2v) is 4.30. The van der Waals surface area contributed by atoms with Crippen molar-refractivity contribution >= 4 is 11.9 Å². The number of carbonyl (C=O) groups excluding carboxylic acids is 2. The minimum absolute atomic E-state index is 0.0150. The second-order valence-electron chi connectivity index (χ2n) is 4.30. The number of carbonyl (C=O) groups is 2. The van der Waals surface area contributed by atoms with Crippen LogP contribution in [-0.2, 0) is 4.79 Å². The monoisotopic (exact) mass is 265 g/mol. The third-order valence-corrected chi connectivity index (χ3v) is 2.48. The van der Waals surface area contributed by atoms with Gasteiger partial charge in [0.1, 0.15) is 6.17 Å². The first-order valence-electron chi connectivity index (χ1n) is 5.97. The minimum atomic E-state index is -0.625. The van der Waals surface area contributed by atoms with Crippen molar-refractivity contribution in [3.8, 4) is 11.8 Å². The Morgan fingerprint density at radius 1 is 1.63 bits per heavy atom. The molecule has 1 rings (SSSR count). The molecule has 0 aromatic rings. The van der Waals surface area contributed by atoms with Gasteiger partial charge in [0.05, 0.1) is 18.7 Å². The lowest BCUT2D eigenvalue weighted by molar-refractivity contribution is -0.119. The fourth-order valence-electron chi connectivity index (χ4n) is 1.43. The van der Waals surface area contributed by atoms with Crippen LogP contribution >= 0.6 is 0 Å². The van der Waals surface area contributed by atoms with E-state index in [0.29, 0.717) is 5.57 Å². The van der Waals surface area contributed by atoms with Crippen molar-refractivity contribution in [3.05, 3.63) is 11.8 Å². The van der Waals surface area contributed by atoms with Gasteiger partial charge in [-0.25, -0.2) is 4.79 Å². The smallest absolute Gasteiger partial charge is 0.323 e. The minimum Gasteiger partial charge on any atom is -0.344 e. The Kier molecular flexibility index (Phi) is 5.36. The molecule has 19 heavy (non-hydrogen) atoms. The van der Waals surface area contributed by atoms with Crippen LogP contribution in [0.3, 0.4) is 0 Å². The van der Waals surface area contributed by atoms with Crippen molar-refractivity contribution in [2.24, 2.45) is 11.5 Å². The number of urea groups is 1. The van der Waals surface area contributed by atoms with Crippen LogP contribution < -0.4 is 22.1 Å². The number of hydrogen-bond donors (Lipinski definition) is 4. The average molecular weight is 265 g/mol. The van der Waals surface area contributed by atoms with Crippen LogP contribution in [0.5, 0.6) is 0 Å². The number of amides is 3. The Labute approximate surface area is 112 Å². The van der Waals surface area contributed by atoms with Crippen molar-refractivity contribution in [3.63, 3.8) is 0 Å². The molecule has 1 atom stereocenters. The Morgan fingerprint density at radius 2 is 2.32 bits per heavy atom. The van der Waals surface area contributed by atoms with Gasteiger partial charge in [-0.3, -0.25) is 9.69 Å². The van der Waals surface area contributed by atoms with Gasteiger partial charge in [0.2, 0.25) is 5.91 Å². The average Bonchev–Trinajstić information content (AvgIpc) is 2.35. The van der Waals surface area contributed by atoms with Gasteiger partial charge in [0.25, 0.3) is 0 Å². The molecule has 1 heterocycles. The Morgan fingerprint density at radius 3 is 2.89 bits per heavy atom. The summed E-state index contributed by atoms with van der Waals surface area (Å²) in [5.74, 6) is 5.32. The van der Waals surface area contributed by atoms with E-state index >= 15 is 0 Å². The summed E-state index contributed by atoms with van der Waals surface area (Å²) in [6.07, 6.45) is 1.01. The Hall–Kier alpha value is -2.04. The Bertz CT molecular complexity index is 447. The predicted octanol–water partition coefficient (Wildman–Crippen LogP) is -1.33. The fourth-order valence-corrected chi connectivity index (χ4v) is 1.43. The van der Waals surface area contributed by atoms with E-state index in [1.165, 1.54) is 4.90 Å². The summed E-state index contributed by atoms with van der Waals surface area (Å²) < 4.78 is 0. The zero-order valence-corrected chi connectivity index (χ0v) is 11.1. The number of nitrogens with two attached hydrogens (primary N) is 2. The molecule has 0 aliphatic carbocycles. The third-order valence-electron chi connectivity index (χ3n) is 2.48. The first-order valence-corrected chi connectivity index (χ1v) is 5.97. The van der Waals surface area contributed by atoms with Crippen LogP contribution in [0.15, 0.2) is 11.8 Å². The van der Waals surface area contributed by atoms with Crippen molar-refractivity contribution in [2.75, 3.05) is 13.1 Å². The van der Waals surface area contributed by atoms with Crippen LogP contribution in [0.4, 0.5) is 4.79 Å². The molecular weight excluding hydrogens is 246 g/mol. The van der Waals surface area contributed by atoms with Crippen molar-refractivity contribution < 1.29 is 9.59 Å². The first kappa shape index (κ1) is 15.0. The predicted molar refractivity (Wildman–Crippen MR) is 71.4 cm³/mol. The topological polar surface area (TPSA) is 113 Å². The van der Waals surface area contributed by atoms with E-state index in [-0.39, 0.29) is 31.1 Å². The van der Waals surface area contributed by atoms with E-state index in [1.54, 1.807) is 6.20 Å². The van der Waals surface area contributed by atoms with Gasteiger partial charge in [-0.15, -0.1) is 0 Å². The summed E-state index contributed by atoms with van der Waals surface area (Å²) in [4.78, 5) is 24.0. The molecule has 0 spiro atoms. The van der Waals surface area contributed by atoms with Gasteiger partial charge in [0.15, 0.2) is 0 Å². The summed E-state index contributed by atoms with van der Waals surface area (Å²) in [5, 5.41) is 5.13. The van der Waals surface area contributed by atoms with Crippen LogP contribution in [0.1, 0.15) is 13.8 Å². The molecule has 0 radical (unpaired) electrons. The van der Waals surface area contributed by atoms with Gasteiger partial charge in [0, 0.05) is 12.2 Å². The number of nitrogens with zero attached hydrogens (tertiary/aromatic N) is 1. The molecule has 1 aliphatic heterocycles. The number of hydrogen-bond acceptors (Lipinski definition) is 4. The van der Waals surface area contributed by atoms with E-state index in [0.717, 1.165) is 0 Å². The zero-order chi connectivity index (χ0) is 14.4. The molecule has 1 unspecified atom stereocenters. The standard InChI is InChI=1S/C12H19N5O2/c1-8(2)17-7-9(11(14)16-12(17)19)4-3-5-15-10(18)6-13/h7-8,11H,5-6,13-14H2,1-2H3,(H,15,18)(H,16,19). The highest BCUT2D eigenvalue weighted by Crippen LogP contribution is 2.10. The van der Waals surface area contributed by atoms with Gasteiger partial charge in [-0.2, -0.15) is 0 Å². The highest BCUT2D eigenvalue weighted by atomic mass is 16.2. The van der Waals surface area contributed by atoms with E-state index in [2.05, 4.69) is 22.5 Å². The lowest BCUT2D eigenvalue weighted by Crippen LogP contribution is -2.53. The maximum atomic E-state index is 11.6. The van der Waals surface area contributed by atoms with Crippen LogP contribution in [0.2, 0.25) is 0 Å². The molecule has 3 amide bonds. The normalized spacial score (nSPS) is 18.4. The van der Waals surface area contributed by atoms with Crippen LogP contribution in [0.25, 0.3) is 0 Å². The molecular formula is C12H19N5O2. The van der Waals surface area contributed by atoms with Crippen molar-refractivity contribution in [1.82, 2.24) is 15.5 Å². The van der Waals surface area contributed by atoms with Crippen LogP contribution in [0, 0.1) is 11.8 Å². The highest BCUT2D eigenvalue weighted by Gasteiger charge is 2.24. The quantitative estimate of drug-likeness (QED) is 0.473. The molecule has 7 heteroatoms. The summed E-state index contributed by atoms with van der Waals surface area (Å²) in [5.41, 5.74) is 11.5. The van der Waals surface area contributed by atoms with E-state index in [9.17, 15) is 9.59 Å². The van der Waals surface area contributed by atoms with Crippen LogP contribution in [-0.4, -0.2) is 42.1 Å². The lowest BCUT2D eigenvalue weighted by Gasteiger charge is -2.30. The van der Waals surface area contributed by atoms with E-state index in [1.807, 2.05) is 13.8 Å². The molecule has 104 valence electrons. The lowest BCUT2D eigenvalue weighted by atomic mass is 10.2. The summed E-state index contributed by atoms with van der Waals surface area (Å²) >= 11 is 0. The molecule has 0 aromatic carbocycles. The number of nitrogens with one attached hydrogen (secondary N) is 2. The molecule has 0 fully saturated rings. The molecule has 0 saturated heterocycles. The molecule has 7 nitrogen and oxygen atoms in total. The van der Waals surface area contributed by atoms with Gasteiger partial charge >= 0.3 is 6.03 Å². The number of rotatable bonds is 3. The Balaban J connectivity index is 2.70. The maximum Gasteiger partial charge on any atom is 0.323 e. The molecule has 0 saturated carbocycles. The fraction of sp³-hybridized carbons (Fsp3) is 0.500. The first-order chi connectivity index (χ1) is 8.95. The molecule has 1 aliphatic rings. The molecule has 6 N–H and O–H groups in total. The zero-order valence-electron chi connectivity index (χ0n) is 11.1. The summed E-state index contributed by atoms with van der Waals surface area (Å²) in [7, 11) is 0.